The molecule has 0 aliphatic rings. The smallest absolute Gasteiger partial charge is 0.230 e. The molecule has 0 unspecified atom stereocenters. The minimum Gasteiger partial charge on any atom is -0.494 e. The number of hydrogen-bond donors (Lipinski definition) is 2. The van der Waals surface area contributed by atoms with E-state index >= 15 is 0 Å². The summed E-state index contributed by atoms with van der Waals surface area (Å²) in [7, 11) is 0. The first-order chi connectivity index (χ1) is 15.5. The summed E-state index contributed by atoms with van der Waals surface area (Å²) in [4.78, 5) is 20.2. The predicted octanol–water partition coefficient (Wildman–Crippen LogP) is 4.23. The Kier molecular flexibility index (Phi) is 6.80. The molecule has 1 amide bonds. The summed E-state index contributed by atoms with van der Waals surface area (Å²) in [5.74, 6) is 1.05. The van der Waals surface area contributed by atoms with E-state index in [0.717, 1.165) is 33.7 Å². The minimum absolute atomic E-state index is 0.0416. The van der Waals surface area contributed by atoms with Crippen LogP contribution < -0.4 is 10.1 Å². The monoisotopic (exact) mass is 449 g/mol. The molecule has 0 atom stereocenters. The number of aryl methyl sites for hydroxylation is 1. The zero-order valence-corrected chi connectivity index (χ0v) is 19.3. The standard InChI is InChI=1S/C24H27N5O2S/c1-4-31-19-10-11-21-22(12-19)27-24(26-21)32-15-23(30)25-13-20-16(2)28-29(17(20)3)14-18-8-6-5-7-9-18/h5-12H,4,13-15H2,1-3H3,(H,25,30)(H,26,27). The number of thioether (sulfide) groups is 1. The van der Waals surface area contributed by atoms with Crippen molar-refractivity contribution in [2.75, 3.05) is 12.4 Å². The first-order valence-corrected chi connectivity index (χ1v) is 11.6. The molecule has 166 valence electrons. The van der Waals surface area contributed by atoms with Gasteiger partial charge in [0.1, 0.15) is 5.75 Å². The Morgan fingerprint density at radius 2 is 2.00 bits per heavy atom. The Hall–Kier alpha value is -3.26. The van der Waals surface area contributed by atoms with E-state index in [0.29, 0.717) is 24.9 Å². The lowest BCUT2D eigenvalue weighted by Crippen LogP contribution is -2.25. The van der Waals surface area contributed by atoms with Crippen LogP contribution in [0.3, 0.4) is 0 Å². The van der Waals surface area contributed by atoms with Gasteiger partial charge in [0, 0.05) is 23.9 Å². The normalized spacial score (nSPS) is 11.1. The van der Waals surface area contributed by atoms with Crippen LogP contribution in [0.5, 0.6) is 5.75 Å². The van der Waals surface area contributed by atoms with Gasteiger partial charge in [-0.25, -0.2) is 4.98 Å². The molecule has 0 saturated carbocycles. The van der Waals surface area contributed by atoms with E-state index in [1.807, 2.05) is 61.9 Å². The van der Waals surface area contributed by atoms with Crippen molar-refractivity contribution in [2.45, 2.75) is 39.0 Å². The van der Waals surface area contributed by atoms with Gasteiger partial charge in [-0.2, -0.15) is 5.10 Å². The van der Waals surface area contributed by atoms with Crippen molar-refractivity contribution in [3.05, 3.63) is 71.0 Å². The van der Waals surface area contributed by atoms with Crippen molar-refractivity contribution >= 4 is 28.7 Å². The molecule has 2 aromatic carbocycles. The number of rotatable bonds is 9. The topological polar surface area (TPSA) is 84.8 Å². The van der Waals surface area contributed by atoms with E-state index in [-0.39, 0.29) is 11.7 Å². The Morgan fingerprint density at radius 3 is 2.78 bits per heavy atom. The quantitative estimate of drug-likeness (QED) is 0.374. The molecule has 2 heterocycles. The van der Waals surface area contributed by atoms with Gasteiger partial charge in [0.2, 0.25) is 5.91 Å². The molecule has 0 bridgehead atoms. The second-order valence-corrected chi connectivity index (χ2v) is 8.48. The number of benzene rings is 2. The van der Waals surface area contributed by atoms with Gasteiger partial charge in [0.15, 0.2) is 5.16 Å². The molecule has 0 aliphatic heterocycles. The van der Waals surface area contributed by atoms with Gasteiger partial charge in [-0.15, -0.1) is 0 Å². The molecule has 8 heteroatoms. The fourth-order valence-corrected chi connectivity index (χ4v) is 4.28. The highest BCUT2D eigenvalue weighted by molar-refractivity contribution is 7.99. The number of carbonyl (C=O) groups is 1. The third kappa shape index (κ3) is 5.13. The number of aromatic amines is 1. The molecule has 32 heavy (non-hydrogen) atoms. The molecular weight excluding hydrogens is 422 g/mol. The summed E-state index contributed by atoms with van der Waals surface area (Å²) in [6, 6.07) is 16.0. The summed E-state index contributed by atoms with van der Waals surface area (Å²) >= 11 is 1.38. The summed E-state index contributed by atoms with van der Waals surface area (Å²) in [5.41, 5.74) is 6.02. The number of nitrogens with zero attached hydrogens (tertiary/aromatic N) is 3. The molecule has 0 radical (unpaired) electrons. The van der Waals surface area contributed by atoms with Crippen LogP contribution in [0.15, 0.2) is 53.7 Å². The molecule has 0 spiro atoms. The van der Waals surface area contributed by atoms with Gasteiger partial charge in [-0.1, -0.05) is 42.1 Å². The van der Waals surface area contributed by atoms with Crippen molar-refractivity contribution in [2.24, 2.45) is 0 Å². The molecule has 0 fully saturated rings. The maximum atomic E-state index is 12.4. The Bertz CT molecular complexity index is 1220. The number of ether oxygens (including phenoxy) is 1. The van der Waals surface area contributed by atoms with Crippen LogP contribution in [0.25, 0.3) is 11.0 Å². The Morgan fingerprint density at radius 1 is 1.19 bits per heavy atom. The molecular formula is C24H27N5O2S. The number of hydrogen-bond acceptors (Lipinski definition) is 5. The number of imidazole rings is 1. The average Bonchev–Trinajstić information content (AvgIpc) is 3.31. The second-order valence-electron chi connectivity index (χ2n) is 7.51. The van der Waals surface area contributed by atoms with Crippen LogP contribution >= 0.6 is 11.8 Å². The SMILES string of the molecule is CCOc1ccc2nc(SCC(=O)NCc3c(C)nn(Cc4ccccc4)c3C)[nH]c2c1. The van der Waals surface area contributed by atoms with Crippen molar-refractivity contribution in [3.63, 3.8) is 0 Å². The van der Waals surface area contributed by atoms with Gasteiger partial charge in [-0.3, -0.25) is 9.48 Å². The minimum atomic E-state index is -0.0416. The van der Waals surface area contributed by atoms with E-state index < -0.39 is 0 Å². The second kappa shape index (κ2) is 9.91. The van der Waals surface area contributed by atoms with E-state index in [1.165, 1.54) is 17.3 Å². The zero-order chi connectivity index (χ0) is 22.5. The largest absolute Gasteiger partial charge is 0.494 e. The van der Waals surface area contributed by atoms with Crippen molar-refractivity contribution in [3.8, 4) is 5.75 Å². The van der Waals surface area contributed by atoms with Crippen LogP contribution in [0.4, 0.5) is 0 Å². The third-order valence-corrected chi connectivity index (χ3v) is 6.12. The number of H-pyrrole nitrogens is 1. The lowest BCUT2D eigenvalue weighted by molar-refractivity contribution is -0.118. The van der Waals surface area contributed by atoms with E-state index in [4.69, 9.17) is 4.74 Å². The van der Waals surface area contributed by atoms with Crippen LogP contribution in [0.2, 0.25) is 0 Å². The highest BCUT2D eigenvalue weighted by atomic mass is 32.2. The predicted molar refractivity (Wildman–Crippen MR) is 127 cm³/mol. The maximum absolute atomic E-state index is 12.4. The van der Waals surface area contributed by atoms with Gasteiger partial charge < -0.3 is 15.0 Å². The van der Waals surface area contributed by atoms with E-state index in [1.54, 1.807) is 0 Å². The number of amides is 1. The molecule has 4 aromatic rings. The number of aromatic nitrogens is 4. The molecule has 2 aromatic heterocycles. The van der Waals surface area contributed by atoms with E-state index in [9.17, 15) is 4.79 Å². The fourth-order valence-electron chi connectivity index (χ4n) is 3.56. The summed E-state index contributed by atoms with van der Waals surface area (Å²) in [6.45, 7) is 7.78. The average molecular weight is 450 g/mol. The van der Waals surface area contributed by atoms with Gasteiger partial charge >= 0.3 is 0 Å². The first kappa shape index (κ1) is 22.0. The van der Waals surface area contributed by atoms with Crippen molar-refractivity contribution < 1.29 is 9.53 Å². The molecule has 2 N–H and O–H groups in total. The van der Waals surface area contributed by atoms with Gasteiger partial charge in [-0.05, 0) is 38.5 Å². The van der Waals surface area contributed by atoms with Crippen LogP contribution in [0.1, 0.15) is 29.4 Å². The maximum Gasteiger partial charge on any atom is 0.230 e. The number of fused-ring (bicyclic) bond motifs is 1. The van der Waals surface area contributed by atoms with Crippen LogP contribution in [-0.4, -0.2) is 38.0 Å². The number of nitrogens with one attached hydrogen (secondary N) is 2. The van der Waals surface area contributed by atoms with Crippen LogP contribution in [0, 0.1) is 13.8 Å². The summed E-state index contributed by atoms with van der Waals surface area (Å²) < 4.78 is 7.52. The zero-order valence-electron chi connectivity index (χ0n) is 18.5. The van der Waals surface area contributed by atoms with Gasteiger partial charge in [0.25, 0.3) is 0 Å². The highest BCUT2D eigenvalue weighted by Crippen LogP contribution is 2.23. The molecule has 0 aliphatic carbocycles. The lowest BCUT2D eigenvalue weighted by Gasteiger charge is -2.07. The highest BCUT2D eigenvalue weighted by Gasteiger charge is 2.14. The molecule has 4 rings (SSSR count). The third-order valence-electron chi connectivity index (χ3n) is 5.25. The summed E-state index contributed by atoms with van der Waals surface area (Å²) in [6.07, 6.45) is 0. The molecule has 0 saturated heterocycles. The molecule has 7 nitrogen and oxygen atoms in total. The van der Waals surface area contributed by atoms with Crippen LogP contribution in [-0.2, 0) is 17.9 Å². The first-order valence-electron chi connectivity index (χ1n) is 10.6. The number of carbonyl (C=O) groups excluding carboxylic acids is 1. The van der Waals surface area contributed by atoms with Gasteiger partial charge in [0.05, 0.1) is 35.6 Å². The fraction of sp³-hybridized carbons (Fsp3) is 0.292. The summed E-state index contributed by atoms with van der Waals surface area (Å²) in [5, 5.41) is 8.38. The van der Waals surface area contributed by atoms with Crippen molar-refractivity contribution in [1.82, 2.24) is 25.1 Å². The Labute approximate surface area is 191 Å². The van der Waals surface area contributed by atoms with Crippen molar-refractivity contribution in [1.29, 1.82) is 0 Å². The lowest BCUT2D eigenvalue weighted by atomic mass is 10.2. The van der Waals surface area contributed by atoms with E-state index in [2.05, 4.69) is 32.5 Å². The Balaban J connectivity index is 1.33.